The highest BCUT2D eigenvalue weighted by atomic mass is 16.5. The predicted molar refractivity (Wildman–Crippen MR) is 50.0 cm³/mol. The van der Waals surface area contributed by atoms with Crippen molar-refractivity contribution >= 4 is 0 Å². The van der Waals surface area contributed by atoms with Gasteiger partial charge in [0.25, 0.3) is 0 Å². The van der Waals surface area contributed by atoms with E-state index in [9.17, 15) is 0 Å². The second-order valence-electron chi connectivity index (χ2n) is 4.54. The fourth-order valence-corrected chi connectivity index (χ4v) is 1.22. The van der Waals surface area contributed by atoms with Crippen LogP contribution in [0.5, 0.6) is 0 Å². The van der Waals surface area contributed by atoms with Crippen molar-refractivity contribution in [1.29, 1.82) is 0 Å². The Bertz CT molecular complexity index is 275. The van der Waals surface area contributed by atoms with Gasteiger partial charge in [-0.2, -0.15) is 4.98 Å². The maximum Gasteiger partial charge on any atom is 0.223 e. The molecule has 0 radical (unpaired) electrons. The molecule has 0 spiro atoms. The quantitative estimate of drug-likeness (QED) is 0.759. The molecule has 0 saturated heterocycles. The van der Waals surface area contributed by atoms with Crippen molar-refractivity contribution < 1.29 is 4.52 Å². The molecule has 1 rings (SSSR count). The van der Waals surface area contributed by atoms with Crippen LogP contribution in [0, 0.1) is 12.3 Å². The minimum absolute atomic E-state index is 0.127. The summed E-state index contributed by atoms with van der Waals surface area (Å²) < 4.78 is 4.86. The number of aromatic nitrogens is 2. The van der Waals surface area contributed by atoms with E-state index < -0.39 is 0 Å². The maximum absolute atomic E-state index is 5.91. The zero-order valence-electron chi connectivity index (χ0n) is 8.66. The molecule has 0 aliphatic rings. The van der Waals surface area contributed by atoms with Crippen LogP contribution in [0.2, 0.25) is 0 Å². The van der Waals surface area contributed by atoms with Gasteiger partial charge in [0.1, 0.15) is 0 Å². The molecule has 1 atom stereocenters. The van der Waals surface area contributed by atoms with Crippen LogP contribution in [-0.4, -0.2) is 10.1 Å². The largest absolute Gasteiger partial charge is 0.340 e. The van der Waals surface area contributed by atoms with E-state index in [0.29, 0.717) is 11.7 Å². The Balaban J connectivity index is 2.64. The normalized spacial score (nSPS) is 14.5. The Morgan fingerprint density at radius 3 is 2.46 bits per heavy atom. The van der Waals surface area contributed by atoms with E-state index in [1.54, 1.807) is 6.92 Å². The van der Waals surface area contributed by atoms with Gasteiger partial charge in [-0.1, -0.05) is 25.9 Å². The van der Waals surface area contributed by atoms with E-state index in [-0.39, 0.29) is 11.5 Å². The van der Waals surface area contributed by atoms with Gasteiger partial charge in [0, 0.05) is 6.92 Å². The lowest BCUT2D eigenvalue weighted by Crippen LogP contribution is -2.19. The second kappa shape index (κ2) is 3.46. The molecular formula is C9H17N3O. The fraction of sp³-hybridized carbons (Fsp3) is 0.778. The number of nitrogens with zero attached hydrogens (tertiary/aromatic N) is 2. The summed E-state index contributed by atoms with van der Waals surface area (Å²) in [6.07, 6.45) is 0.853. The van der Waals surface area contributed by atoms with Crippen molar-refractivity contribution in [3.63, 3.8) is 0 Å². The third-order valence-electron chi connectivity index (χ3n) is 1.71. The highest BCUT2D eigenvalue weighted by Crippen LogP contribution is 2.26. The first kappa shape index (κ1) is 10.2. The van der Waals surface area contributed by atoms with Gasteiger partial charge in [-0.25, -0.2) is 0 Å². The highest BCUT2D eigenvalue weighted by Gasteiger charge is 2.20. The standard InChI is InChI=1S/C9H17N3O/c1-6-11-8(12-13-6)7(10)5-9(2,3)4/h7H,5,10H2,1-4H3. The minimum Gasteiger partial charge on any atom is -0.340 e. The van der Waals surface area contributed by atoms with Crippen LogP contribution >= 0.6 is 0 Å². The summed E-state index contributed by atoms with van der Waals surface area (Å²) in [7, 11) is 0. The van der Waals surface area contributed by atoms with Crippen molar-refractivity contribution in [2.45, 2.75) is 40.2 Å². The summed E-state index contributed by atoms with van der Waals surface area (Å²) in [5.74, 6) is 1.17. The number of rotatable bonds is 2. The molecule has 0 saturated carbocycles. The van der Waals surface area contributed by atoms with Gasteiger partial charge in [-0.05, 0) is 11.8 Å². The number of hydrogen-bond donors (Lipinski definition) is 1. The minimum atomic E-state index is -0.127. The monoisotopic (exact) mass is 183 g/mol. The van der Waals surface area contributed by atoms with Gasteiger partial charge in [0.2, 0.25) is 5.89 Å². The molecule has 0 amide bonds. The third-order valence-corrected chi connectivity index (χ3v) is 1.71. The molecule has 0 bridgehead atoms. The number of hydrogen-bond acceptors (Lipinski definition) is 4. The van der Waals surface area contributed by atoms with Gasteiger partial charge >= 0.3 is 0 Å². The first-order valence-electron chi connectivity index (χ1n) is 4.44. The zero-order valence-corrected chi connectivity index (χ0v) is 8.66. The highest BCUT2D eigenvalue weighted by molar-refractivity contribution is 4.93. The van der Waals surface area contributed by atoms with Gasteiger partial charge in [0.15, 0.2) is 5.82 Å². The first-order valence-corrected chi connectivity index (χ1v) is 4.44. The van der Waals surface area contributed by atoms with E-state index in [1.165, 1.54) is 0 Å². The fourth-order valence-electron chi connectivity index (χ4n) is 1.22. The third kappa shape index (κ3) is 3.14. The Labute approximate surface area is 78.5 Å². The van der Waals surface area contributed by atoms with Crippen LogP contribution in [0.15, 0.2) is 4.52 Å². The Kier molecular flexibility index (Phi) is 2.71. The molecule has 0 aromatic carbocycles. The SMILES string of the molecule is Cc1nc(C(N)CC(C)(C)C)no1. The van der Waals surface area contributed by atoms with Crippen molar-refractivity contribution in [3.05, 3.63) is 11.7 Å². The molecular weight excluding hydrogens is 166 g/mol. The molecule has 4 heteroatoms. The van der Waals surface area contributed by atoms with Gasteiger partial charge in [-0.15, -0.1) is 0 Å². The second-order valence-corrected chi connectivity index (χ2v) is 4.54. The molecule has 0 aliphatic carbocycles. The van der Waals surface area contributed by atoms with Crippen molar-refractivity contribution in [1.82, 2.24) is 10.1 Å². The number of aryl methyl sites for hydroxylation is 1. The molecule has 0 fully saturated rings. The molecule has 2 N–H and O–H groups in total. The van der Waals surface area contributed by atoms with Crippen LogP contribution in [0.25, 0.3) is 0 Å². The van der Waals surface area contributed by atoms with Gasteiger partial charge < -0.3 is 10.3 Å². The van der Waals surface area contributed by atoms with Crippen LogP contribution in [-0.2, 0) is 0 Å². The smallest absolute Gasteiger partial charge is 0.223 e. The average molecular weight is 183 g/mol. The van der Waals surface area contributed by atoms with Crippen molar-refractivity contribution in [3.8, 4) is 0 Å². The van der Waals surface area contributed by atoms with Gasteiger partial charge in [-0.3, -0.25) is 0 Å². The summed E-state index contributed by atoms with van der Waals surface area (Å²) >= 11 is 0. The van der Waals surface area contributed by atoms with E-state index in [0.717, 1.165) is 6.42 Å². The first-order chi connectivity index (χ1) is 5.88. The maximum atomic E-state index is 5.91. The molecule has 13 heavy (non-hydrogen) atoms. The molecule has 0 aliphatic heterocycles. The lowest BCUT2D eigenvalue weighted by molar-refractivity contribution is 0.326. The summed E-state index contributed by atoms with van der Waals surface area (Å²) in [6, 6.07) is -0.127. The van der Waals surface area contributed by atoms with E-state index in [4.69, 9.17) is 10.3 Å². The van der Waals surface area contributed by atoms with Crippen LogP contribution in [0.4, 0.5) is 0 Å². The van der Waals surface area contributed by atoms with E-state index in [2.05, 4.69) is 30.9 Å². The lowest BCUT2D eigenvalue weighted by Gasteiger charge is -2.20. The Morgan fingerprint density at radius 2 is 2.08 bits per heavy atom. The molecule has 4 nitrogen and oxygen atoms in total. The zero-order chi connectivity index (χ0) is 10.1. The van der Waals surface area contributed by atoms with Crippen molar-refractivity contribution in [2.24, 2.45) is 11.1 Å². The van der Waals surface area contributed by atoms with Crippen molar-refractivity contribution in [2.75, 3.05) is 0 Å². The lowest BCUT2D eigenvalue weighted by atomic mass is 9.88. The van der Waals surface area contributed by atoms with E-state index in [1.807, 2.05) is 0 Å². The Morgan fingerprint density at radius 1 is 1.46 bits per heavy atom. The Hall–Kier alpha value is -0.900. The molecule has 1 aromatic rings. The summed E-state index contributed by atoms with van der Waals surface area (Å²) in [6.45, 7) is 8.18. The van der Waals surface area contributed by atoms with E-state index >= 15 is 0 Å². The van der Waals surface area contributed by atoms with Gasteiger partial charge in [0.05, 0.1) is 6.04 Å². The molecule has 1 aromatic heterocycles. The molecule has 74 valence electrons. The summed E-state index contributed by atoms with van der Waals surface area (Å²) in [4.78, 5) is 4.09. The molecule has 1 unspecified atom stereocenters. The molecule has 1 heterocycles. The predicted octanol–water partition coefficient (Wildman–Crippen LogP) is 1.81. The van der Waals surface area contributed by atoms with Crippen LogP contribution < -0.4 is 5.73 Å². The topological polar surface area (TPSA) is 64.9 Å². The number of nitrogens with two attached hydrogens (primary N) is 1. The summed E-state index contributed by atoms with van der Waals surface area (Å²) in [5.41, 5.74) is 6.10. The van der Waals surface area contributed by atoms with Crippen LogP contribution in [0.3, 0.4) is 0 Å². The average Bonchev–Trinajstić information content (AvgIpc) is 2.31. The summed E-state index contributed by atoms with van der Waals surface area (Å²) in [5, 5.41) is 3.79. The van der Waals surface area contributed by atoms with Crippen LogP contribution in [0.1, 0.15) is 44.9 Å².